The van der Waals surface area contributed by atoms with Gasteiger partial charge in [0.15, 0.2) is 6.61 Å². The van der Waals surface area contributed by atoms with Crippen LogP contribution in [0.3, 0.4) is 0 Å². The number of nitro benzene ring substituents is 1. The summed E-state index contributed by atoms with van der Waals surface area (Å²) in [6.07, 6.45) is -0.206. The second-order valence-corrected chi connectivity index (χ2v) is 7.48. The second-order valence-electron chi connectivity index (χ2n) is 6.23. The zero-order valence-electron chi connectivity index (χ0n) is 15.3. The van der Waals surface area contributed by atoms with Crippen LogP contribution in [0.2, 0.25) is 0 Å². The highest BCUT2D eigenvalue weighted by atomic mass is 32.2. The Balaban J connectivity index is 1.54. The average molecular weight is 415 g/mol. The van der Waals surface area contributed by atoms with Crippen molar-refractivity contribution >= 4 is 46.6 Å². The van der Waals surface area contributed by atoms with E-state index in [4.69, 9.17) is 4.74 Å². The highest BCUT2D eigenvalue weighted by molar-refractivity contribution is 8.01. The molecule has 0 bridgehead atoms. The number of benzene rings is 2. The molecule has 2 N–H and O–H groups in total. The quantitative estimate of drug-likeness (QED) is 0.422. The maximum atomic E-state index is 12.1. The molecule has 0 fully saturated rings. The summed E-state index contributed by atoms with van der Waals surface area (Å²) >= 11 is 1.25. The van der Waals surface area contributed by atoms with Gasteiger partial charge >= 0.3 is 5.97 Å². The molecule has 2 amide bonds. The molecule has 0 saturated carbocycles. The van der Waals surface area contributed by atoms with Crippen molar-refractivity contribution in [3.8, 4) is 0 Å². The van der Waals surface area contributed by atoms with Crippen molar-refractivity contribution in [2.24, 2.45) is 0 Å². The molecule has 1 heterocycles. The number of carbonyl (C=O) groups is 3. The first-order valence-electron chi connectivity index (χ1n) is 8.61. The van der Waals surface area contributed by atoms with Crippen LogP contribution in [0.25, 0.3) is 0 Å². The summed E-state index contributed by atoms with van der Waals surface area (Å²) < 4.78 is 4.94. The van der Waals surface area contributed by atoms with E-state index < -0.39 is 28.7 Å². The standard InChI is InChI=1S/C19H17N3O6S/c1-11-5-4-7-13(22(26)27)18(11)21-16(23)10-28-17(24)9-15-19(25)20-12-6-2-3-8-14(12)29-15/h2-8,15H,9-10H2,1H3,(H,20,25)(H,21,23)/t15-/m0/s1. The number of nitro groups is 1. The van der Waals surface area contributed by atoms with Crippen molar-refractivity contribution in [3.63, 3.8) is 0 Å². The number of nitrogens with zero attached hydrogens (tertiary/aromatic N) is 1. The topological polar surface area (TPSA) is 128 Å². The lowest BCUT2D eigenvalue weighted by Gasteiger charge is -2.23. The summed E-state index contributed by atoms with van der Waals surface area (Å²) in [5.41, 5.74) is 0.995. The van der Waals surface area contributed by atoms with Gasteiger partial charge in [-0.15, -0.1) is 11.8 Å². The highest BCUT2D eigenvalue weighted by Crippen LogP contribution is 2.36. The normalized spacial score (nSPS) is 15.1. The number of ether oxygens (including phenoxy) is 1. The van der Waals surface area contributed by atoms with Gasteiger partial charge in [-0.05, 0) is 24.6 Å². The molecule has 0 aromatic heterocycles. The first-order chi connectivity index (χ1) is 13.8. The molecular weight excluding hydrogens is 398 g/mol. The number of anilines is 2. The number of hydrogen-bond acceptors (Lipinski definition) is 7. The Bertz CT molecular complexity index is 994. The van der Waals surface area contributed by atoms with Crippen LogP contribution in [0.1, 0.15) is 12.0 Å². The molecule has 1 aliphatic heterocycles. The van der Waals surface area contributed by atoms with Crippen molar-refractivity contribution in [1.82, 2.24) is 0 Å². The zero-order chi connectivity index (χ0) is 21.0. The van der Waals surface area contributed by atoms with Gasteiger partial charge in [0.1, 0.15) is 5.69 Å². The van der Waals surface area contributed by atoms with E-state index >= 15 is 0 Å². The van der Waals surface area contributed by atoms with Gasteiger partial charge in [0, 0.05) is 11.0 Å². The summed E-state index contributed by atoms with van der Waals surface area (Å²) in [4.78, 5) is 47.6. The van der Waals surface area contributed by atoms with E-state index in [9.17, 15) is 24.5 Å². The van der Waals surface area contributed by atoms with E-state index in [-0.39, 0.29) is 23.7 Å². The van der Waals surface area contributed by atoms with Crippen LogP contribution in [0.15, 0.2) is 47.4 Å². The first kappa shape index (κ1) is 20.3. The molecule has 3 rings (SSSR count). The van der Waals surface area contributed by atoms with Gasteiger partial charge in [-0.3, -0.25) is 24.5 Å². The van der Waals surface area contributed by atoms with Gasteiger partial charge < -0.3 is 15.4 Å². The van der Waals surface area contributed by atoms with E-state index in [1.54, 1.807) is 25.1 Å². The van der Waals surface area contributed by atoms with Crippen molar-refractivity contribution in [1.29, 1.82) is 0 Å². The van der Waals surface area contributed by atoms with Crippen molar-refractivity contribution in [3.05, 3.63) is 58.1 Å². The lowest BCUT2D eigenvalue weighted by Crippen LogP contribution is -2.32. The average Bonchev–Trinajstić information content (AvgIpc) is 2.68. The third-order valence-electron chi connectivity index (χ3n) is 4.13. The Hall–Kier alpha value is -3.40. The van der Waals surface area contributed by atoms with Crippen LogP contribution >= 0.6 is 11.8 Å². The zero-order valence-corrected chi connectivity index (χ0v) is 16.2. The molecule has 2 aromatic carbocycles. The van der Waals surface area contributed by atoms with E-state index in [0.29, 0.717) is 11.3 Å². The predicted octanol–water partition coefficient (Wildman–Crippen LogP) is 2.89. The van der Waals surface area contributed by atoms with Crippen molar-refractivity contribution < 1.29 is 24.0 Å². The molecule has 0 aliphatic carbocycles. The molecule has 9 nitrogen and oxygen atoms in total. The number of nitrogens with one attached hydrogen (secondary N) is 2. The minimum Gasteiger partial charge on any atom is -0.456 e. The maximum absolute atomic E-state index is 12.1. The van der Waals surface area contributed by atoms with E-state index in [0.717, 1.165) is 4.90 Å². The van der Waals surface area contributed by atoms with Crippen LogP contribution in [0, 0.1) is 17.0 Å². The lowest BCUT2D eigenvalue weighted by atomic mass is 10.1. The monoisotopic (exact) mass is 415 g/mol. The number of aryl methyl sites for hydroxylation is 1. The SMILES string of the molecule is Cc1cccc([N+](=O)[O-])c1NC(=O)COC(=O)C[C@@H]1Sc2ccccc2NC1=O. The van der Waals surface area contributed by atoms with E-state index in [1.807, 2.05) is 12.1 Å². The lowest BCUT2D eigenvalue weighted by molar-refractivity contribution is -0.384. The van der Waals surface area contributed by atoms with E-state index in [2.05, 4.69) is 10.6 Å². The van der Waals surface area contributed by atoms with Gasteiger partial charge in [0.25, 0.3) is 11.6 Å². The number of fused-ring (bicyclic) bond motifs is 1. The first-order valence-corrected chi connectivity index (χ1v) is 9.49. The summed E-state index contributed by atoms with van der Waals surface area (Å²) in [7, 11) is 0. The summed E-state index contributed by atoms with van der Waals surface area (Å²) in [5.74, 6) is -1.74. The number of para-hydroxylation sites is 2. The third kappa shape index (κ3) is 4.91. The molecule has 0 saturated heterocycles. The van der Waals surface area contributed by atoms with E-state index in [1.165, 1.54) is 23.9 Å². The maximum Gasteiger partial charge on any atom is 0.307 e. The number of thioether (sulfide) groups is 1. The number of hydrogen-bond donors (Lipinski definition) is 2. The molecule has 2 aromatic rings. The molecule has 10 heteroatoms. The molecular formula is C19H17N3O6S. The molecule has 1 atom stereocenters. The largest absolute Gasteiger partial charge is 0.456 e. The fraction of sp³-hybridized carbons (Fsp3) is 0.211. The van der Waals surface area contributed by atoms with Crippen LogP contribution in [-0.4, -0.2) is 34.6 Å². The molecule has 1 aliphatic rings. The van der Waals surface area contributed by atoms with Gasteiger partial charge in [0.05, 0.1) is 22.3 Å². The Kier molecular flexibility index (Phi) is 6.13. The van der Waals surface area contributed by atoms with Gasteiger partial charge in [-0.1, -0.05) is 24.3 Å². The second kappa shape index (κ2) is 8.74. The summed E-state index contributed by atoms with van der Waals surface area (Å²) in [6, 6.07) is 11.6. The summed E-state index contributed by atoms with van der Waals surface area (Å²) in [6.45, 7) is 1.01. The molecule has 0 radical (unpaired) electrons. The Labute approximate surface area is 170 Å². The molecule has 0 unspecified atom stereocenters. The number of carbonyl (C=O) groups excluding carboxylic acids is 3. The molecule has 150 valence electrons. The molecule has 0 spiro atoms. The highest BCUT2D eigenvalue weighted by Gasteiger charge is 2.29. The van der Waals surface area contributed by atoms with Crippen LogP contribution < -0.4 is 10.6 Å². The van der Waals surface area contributed by atoms with Crippen LogP contribution in [0.4, 0.5) is 17.1 Å². The number of amides is 2. The van der Waals surface area contributed by atoms with Gasteiger partial charge in [0.2, 0.25) is 5.91 Å². The van der Waals surface area contributed by atoms with Gasteiger partial charge in [-0.25, -0.2) is 0 Å². The minimum atomic E-state index is -0.716. The Morgan fingerprint density at radius 3 is 2.76 bits per heavy atom. The predicted molar refractivity (Wildman–Crippen MR) is 107 cm³/mol. The fourth-order valence-corrected chi connectivity index (χ4v) is 3.82. The smallest absolute Gasteiger partial charge is 0.307 e. The summed E-state index contributed by atoms with van der Waals surface area (Å²) in [5, 5.41) is 15.5. The third-order valence-corrected chi connectivity index (χ3v) is 5.41. The van der Waals surface area contributed by atoms with Crippen molar-refractivity contribution in [2.45, 2.75) is 23.5 Å². The van der Waals surface area contributed by atoms with Gasteiger partial charge in [-0.2, -0.15) is 0 Å². The van der Waals surface area contributed by atoms with Crippen LogP contribution in [-0.2, 0) is 19.1 Å². The Morgan fingerprint density at radius 1 is 1.24 bits per heavy atom. The van der Waals surface area contributed by atoms with Crippen LogP contribution in [0.5, 0.6) is 0 Å². The minimum absolute atomic E-state index is 0.0531. The van der Waals surface area contributed by atoms with Crippen molar-refractivity contribution in [2.75, 3.05) is 17.2 Å². The Morgan fingerprint density at radius 2 is 2.00 bits per heavy atom. The number of esters is 1. The fourth-order valence-electron chi connectivity index (χ4n) is 2.73. The number of rotatable bonds is 6. The molecule has 29 heavy (non-hydrogen) atoms.